The maximum Gasteiger partial charge on any atom is 0.324 e. The molecule has 126 valence electrons. The number of carbonyl (C=O) groups is 2. The molecule has 0 saturated carbocycles. The fourth-order valence-corrected chi connectivity index (χ4v) is 3.44. The Morgan fingerprint density at radius 2 is 2.12 bits per heavy atom. The van der Waals surface area contributed by atoms with Gasteiger partial charge < -0.3 is 10.2 Å². The Labute approximate surface area is 144 Å². The first-order valence-corrected chi connectivity index (χ1v) is 8.74. The molecule has 1 aliphatic rings. The molecule has 7 heteroatoms. The zero-order valence-corrected chi connectivity index (χ0v) is 14.5. The van der Waals surface area contributed by atoms with Gasteiger partial charge in [-0.1, -0.05) is 44.2 Å². The predicted molar refractivity (Wildman–Crippen MR) is 94.1 cm³/mol. The van der Waals surface area contributed by atoms with Crippen LogP contribution in [-0.4, -0.2) is 34.9 Å². The topological polar surface area (TPSA) is 74.3 Å². The second-order valence-electron chi connectivity index (χ2n) is 5.95. The minimum absolute atomic E-state index is 0.162. The molecule has 3 amide bonds. The van der Waals surface area contributed by atoms with Crippen molar-refractivity contribution in [3.05, 3.63) is 47.0 Å². The number of hydrogen-bond donors (Lipinski definition) is 2. The van der Waals surface area contributed by atoms with E-state index in [0.29, 0.717) is 24.1 Å². The van der Waals surface area contributed by atoms with Crippen molar-refractivity contribution in [3.8, 4) is 0 Å². The lowest BCUT2D eigenvalue weighted by Gasteiger charge is -2.34. The van der Waals surface area contributed by atoms with Gasteiger partial charge in [-0.05, 0) is 11.5 Å². The molecule has 0 spiro atoms. The van der Waals surface area contributed by atoms with Crippen LogP contribution in [0.4, 0.5) is 9.93 Å². The first-order chi connectivity index (χ1) is 11.6. The van der Waals surface area contributed by atoms with Gasteiger partial charge in [0.25, 0.3) is 0 Å². The molecule has 1 aromatic carbocycles. The standard InChI is InChI=1S/C17H20N4O2S/c1-11(2)13-10-19-16(24-13)20-17(23)21-9-8-18-15(22)14(21)12-6-4-3-5-7-12/h3-7,10-11,14H,8-9H2,1-2H3,(H,18,22)(H,19,20,23)/t14-/m0/s1. The van der Waals surface area contributed by atoms with Gasteiger partial charge in [0.05, 0.1) is 0 Å². The summed E-state index contributed by atoms with van der Waals surface area (Å²) in [6.45, 7) is 5.07. The highest BCUT2D eigenvalue weighted by molar-refractivity contribution is 7.15. The van der Waals surface area contributed by atoms with Crippen LogP contribution in [0.3, 0.4) is 0 Å². The number of urea groups is 1. The van der Waals surface area contributed by atoms with Crippen molar-refractivity contribution in [1.29, 1.82) is 0 Å². The maximum absolute atomic E-state index is 12.7. The summed E-state index contributed by atoms with van der Waals surface area (Å²) in [6, 6.07) is 8.41. The van der Waals surface area contributed by atoms with Crippen molar-refractivity contribution < 1.29 is 9.59 Å². The Kier molecular flexibility index (Phi) is 4.80. The molecule has 1 aliphatic heterocycles. The van der Waals surface area contributed by atoms with Gasteiger partial charge in [0, 0.05) is 24.2 Å². The number of carbonyl (C=O) groups excluding carboxylic acids is 2. The average Bonchev–Trinajstić information content (AvgIpc) is 3.04. The van der Waals surface area contributed by atoms with E-state index in [0.717, 1.165) is 10.4 Å². The molecule has 24 heavy (non-hydrogen) atoms. The number of anilines is 1. The average molecular weight is 344 g/mol. The fraction of sp³-hybridized carbons (Fsp3) is 0.353. The minimum atomic E-state index is -0.621. The second kappa shape index (κ2) is 7.00. The summed E-state index contributed by atoms with van der Waals surface area (Å²) in [5, 5.41) is 6.20. The van der Waals surface area contributed by atoms with E-state index < -0.39 is 6.04 Å². The van der Waals surface area contributed by atoms with E-state index in [1.54, 1.807) is 11.1 Å². The lowest BCUT2D eigenvalue weighted by atomic mass is 10.0. The van der Waals surface area contributed by atoms with Crippen LogP contribution in [-0.2, 0) is 4.79 Å². The van der Waals surface area contributed by atoms with E-state index in [1.807, 2.05) is 30.3 Å². The molecule has 1 atom stereocenters. The van der Waals surface area contributed by atoms with Crippen molar-refractivity contribution in [2.45, 2.75) is 25.8 Å². The molecular formula is C17H20N4O2S. The Morgan fingerprint density at radius 1 is 1.38 bits per heavy atom. The van der Waals surface area contributed by atoms with Gasteiger partial charge in [-0.3, -0.25) is 10.1 Å². The molecule has 3 rings (SSSR count). The SMILES string of the molecule is CC(C)c1cnc(NC(=O)N2CCNC(=O)[C@@H]2c2ccccc2)s1. The Morgan fingerprint density at radius 3 is 2.79 bits per heavy atom. The van der Waals surface area contributed by atoms with Crippen molar-refractivity contribution in [1.82, 2.24) is 15.2 Å². The Bertz CT molecular complexity index is 729. The van der Waals surface area contributed by atoms with Gasteiger partial charge in [-0.25, -0.2) is 9.78 Å². The van der Waals surface area contributed by atoms with E-state index in [9.17, 15) is 9.59 Å². The summed E-state index contributed by atoms with van der Waals surface area (Å²) >= 11 is 1.46. The highest BCUT2D eigenvalue weighted by Gasteiger charge is 2.34. The first-order valence-electron chi connectivity index (χ1n) is 7.92. The molecular weight excluding hydrogens is 324 g/mol. The van der Waals surface area contributed by atoms with Crippen LogP contribution in [0.2, 0.25) is 0 Å². The molecule has 0 aliphatic carbocycles. The smallest absolute Gasteiger partial charge is 0.324 e. The highest BCUT2D eigenvalue weighted by atomic mass is 32.1. The molecule has 2 aromatic rings. The minimum Gasteiger partial charge on any atom is -0.352 e. The van der Waals surface area contributed by atoms with Gasteiger partial charge in [-0.15, -0.1) is 11.3 Å². The predicted octanol–water partition coefficient (Wildman–Crippen LogP) is 2.97. The number of hydrogen-bond acceptors (Lipinski definition) is 4. The molecule has 1 aromatic heterocycles. The molecule has 6 nitrogen and oxygen atoms in total. The number of rotatable bonds is 3. The third kappa shape index (κ3) is 3.41. The maximum atomic E-state index is 12.7. The number of aromatic nitrogens is 1. The third-order valence-corrected chi connectivity index (χ3v) is 5.11. The van der Waals surface area contributed by atoms with Crippen LogP contribution >= 0.6 is 11.3 Å². The molecule has 0 unspecified atom stereocenters. The van der Waals surface area contributed by atoms with Crippen LogP contribution in [0.1, 0.15) is 36.2 Å². The first kappa shape index (κ1) is 16.4. The van der Waals surface area contributed by atoms with Gasteiger partial charge in [0.1, 0.15) is 6.04 Å². The van der Waals surface area contributed by atoms with Crippen LogP contribution in [0.15, 0.2) is 36.5 Å². The zero-order chi connectivity index (χ0) is 17.1. The van der Waals surface area contributed by atoms with Crippen LogP contribution < -0.4 is 10.6 Å². The summed E-state index contributed by atoms with van der Waals surface area (Å²) in [4.78, 5) is 31.9. The lowest BCUT2D eigenvalue weighted by Crippen LogP contribution is -2.53. The zero-order valence-electron chi connectivity index (χ0n) is 13.7. The van der Waals surface area contributed by atoms with Crippen molar-refractivity contribution in [2.24, 2.45) is 0 Å². The van der Waals surface area contributed by atoms with E-state index in [4.69, 9.17) is 0 Å². The monoisotopic (exact) mass is 344 g/mol. The number of thiazole rings is 1. The second-order valence-corrected chi connectivity index (χ2v) is 7.01. The van der Waals surface area contributed by atoms with Gasteiger partial charge in [0.2, 0.25) is 5.91 Å². The summed E-state index contributed by atoms with van der Waals surface area (Å²) in [5.74, 6) is 0.204. The summed E-state index contributed by atoms with van der Waals surface area (Å²) < 4.78 is 0. The Balaban J connectivity index is 1.79. The highest BCUT2D eigenvalue weighted by Crippen LogP contribution is 2.27. The quantitative estimate of drug-likeness (QED) is 0.899. The van der Waals surface area contributed by atoms with Gasteiger partial charge >= 0.3 is 6.03 Å². The van der Waals surface area contributed by atoms with Crippen molar-refractivity contribution >= 4 is 28.4 Å². The van der Waals surface area contributed by atoms with E-state index in [-0.39, 0.29) is 11.9 Å². The summed E-state index contributed by atoms with van der Waals surface area (Å²) in [6.07, 6.45) is 1.78. The number of amides is 3. The lowest BCUT2D eigenvalue weighted by molar-refractivity contribution is -0.127. The van der Waals surface area contributed by atoms with Crippen LogP contribution in [0, 0.1) is 0 Å². The van der Waals surface area contributed by atoms with Crippen LogP contribution in [0.25, 0.3) is 0 Å². The van der Waals surface area contributed by atoms with Crippen molar-refractivity contribution in [2.75, 3.05) is 18.4 Å². The van der Waals surface area contributed by atoms with E-state index >= 15 is 0 Å². The number of piperazine rings is 1. The summed E-state index contributed by atoms with van der Waals surface area (Å²) in [5.41, 5.74) is 0.798. The normalized spacial score (nSPS) is 17.7. The third-order valence-electron chi connectivity index (χ3n) is 3.89. The van der Waals surface area contributed by atoms with E-state index in [1.165, 1.54) is 11.3 Å². The van der Waals surface area contributed by atoms with E-state index in [2.05, 4.69) is 29.5 Å². The summed E-state index contributed by atoms with van der Waals surface area (Å²) in [7, 11) is 0. The van der Waals surface area contributed by atoms with Crippen LogP contribution in [0.5, 0.6) is 0 Å². The van der Waals surface area contributed by atoms with Crippen molar-refractivity contribution in [3.63, 3.8) is 0 Å². The number of nitrogens with one attached hydrogen (secondary N) is 2. The fourth-order valence-electron chi connectivity index (χ4n) is 2.63. The van der Waals surface area contributed by atoms with Gasteiger partial charge in [-0.2, -0.15) is 0 Å². The largest absolute Gasteiger partial charge is 0.352 e. The molecule has 1 saturated heterocycles. The number of nitrogens with zero attached hydrogens (tertiary/aromatic N) is 2. The number of benzene rings is 1. The Hall–Kier alpha value is -2.41. The molecule has 2 heterocycles. The van der Waals surface area contributed by atoms with Gasteiger partial charge in [0.15, 0.2) is 5.13 Å². The molecule has 0 bridgehead atoms. The molecule has 2 N–H and O–H groups in total. The molecule has 0 radical (unpaired) electrons. The molecule has 1 fully saturated rings.